The number of hydrogen-bond donors (Lipinski definition) is 0. The van der Waals surface area contributed by atoms with Crippen molar-refractivity contribution >= 4 is 5.78 Å². The fraction of sp³-hybridized carbons (Fsp3) is 0.667. The fourth-order valence-electron chi connectivity index (χ4n) is 3.10. The van der Waals surface area contributed by atoms with Crippen LogP contribution in [0.3, 0.4) is 0 Å². The Hall–Kier alpha value is -1.05. The first-order valence-electron chi connectivity index (χ1n) is 6.32. The molecular weight excluding hydrogens is 212 g/mol. The van der Waals surface area contributed by atoms with Crippen LogP contribution in [-0.2, 0) is 9.53 Å². The molecule has 2 bridgehead atoms. The van der Waals surface area contributed by atoms with Crippen LogP contribution in [-0.4, -0.2) is 12.9 Å². The molecule has 0 aromatic rings. The van der Waals surface area contributed by atoms with E-state index in [2.05, 4.69) is 39.0 Å². The van der Waals surface area contributed by atoms with E-state index in [0.717, 1.165) is 6.42 Å². The molecule has 1 saturated carbocycles. The Balaban J connectivity index is 2.39. The van der Waals surface area contributed by atoms with Crippen LogP contribution in [0, 0.1) is 22.7 Å². The summed E-state index contributed by atoms with van der Waals surface area (Å²) < 4.78 is 5.01. The first kappa shape index (κ1) is 12.4. The molecule has 3 atom stereocenters. The largest absolute Gasteiger partial charge is 0.505 e. The Bertz CT molecular complexity index is 378. The summed E-state index contributed by atoms with van der Waals surface area (Å²) in [4.78, 5) is 12.5. The van der Waals surface area contributed by atoms with Crippen molar-refractivity contribution in [1.82, 2.24) is 0 Å². The van der Waals surface area contributed by atoms with Crippen molar-refractivity contribution in [1.29, 1.82) is 0 Å². The minimum Gasteiger partial charge on any atom is -0.505 e. The van der Waals surface area contributed by atoms with Gasteiger partial charge in [-0.3, -0.25) is 4.79 Å². The number of carbonyl (C=O) groups excluding carboxylic acids is 1. The quantitative estimate of drug-likeness (QED) is 0.541. The summed E-state index contributed by atoms with van der Waals surface area (Å²) >= 11 is 0. The number of carbonyl (C=O) groups is 1. The van der Waals surface area contributed by atoms with Crippen LogP contribution in [0.2, 0.25) is 0 Å². The highest BCUT2D eigenvalue weighted by Crippen LogP contribution is 2.52. The Morgan fingerprint density at radius 1 is 1.41 bits per heavy atom. The van der Waals surface area contributed by atoms with Crippen LogP contribution in [0.1, 0.15) is 33.6 Å². The van der Waals surface area contributed by atoms with Gasteiger partial charge in [0.15, 0.2) is 0 Å². The molecule has 0 aromatic carbocycles. The average molecular weight is 234 g/mol. The van der Waals surface area contributed by atoms with E-state index in [-0.39, 0.29) is 16.7 Å². The van der Waals surface area contributed by atoms with Gasteiger partial charge in [-0.15, -0.1) is 0 Å². The van der Waals surface area contributed by atoms with Gasteiger partial charge in [0.25, 0.3) is 0 Å². The zero-order valence-corrected chi connectivity index (χ0v) is 11.2. The van der Waals surface area contributed by atoms with E-state index in [1.54, 1.807) is 13.4 Å². The summed E-state index contributed by atoms with van der Waals surface area (Å²) in [6.45, 7) is 6.47. The van der Waals surface area contributed by atoms with Gasteiger partial charge in [0.1, 0.15) is 5.78 Å². The van der Waals surface area contributed by atoms with E-state index in [1.165, 1.54) is 0 Å². The highest BCUT2D eigenvalue weighted by Gasteiger charge is 2.49. The zero-order chi connectivity index (χ0) is 12.7. The molecule has 0 saturated heterocycles. The summed E-state index contributed by atoms with van der Waals surface area (Å²) in [5, 5.41) is 0. The van der Waals surface area contributed by atoms with E-state index < -0.39 is 0 Å². The lowest BCUT2D eigenvalue weighted by Gasteiger charge is -2.36. The van der Waals surface area contributed by atoms with E-state index in [1.807, 2.05) is 0 Å². The predicted octanol–water partition coefficient (Wildman–Crippen LogP) is 3.34. The molecule has 2 nitrogen and oxygen atoms in total. The number of ketones is 1. The van der Waals surface area contributed by atoms with Gasteiger partial charge in [0.2, 0.25) is 0 Å². The smallest absolute Gasteiger partial charge is 0.143 e. The maximum Gasteiger partial charge on any atom is 0.143 e. The van der Waals surface area contributed by atoms with Crippen molar-refractivity contribution in [2.45, 2.75) is 33.6 Å². The molecule has 94 valence electrons. The van der Waals surface area contributed by atoms with Gasteiger partial charge < -0.3 is 4.74 Å². The van der Waals surface area contributed by atoms with Gasteiger partial charge >= 0.3 is 0 Å². The van der Waals surface area contributed by atoms with Crippen molar-refractivity contribution in [3.05, 3.63) is 24.5 Å². The van der Waals surface area contributed by atoms with Crippen LogP contribution in [0.4, 0.5) is 0 Å². The Morgan fingerprint density at radius 2 is 2.12 bits per heavy atom. The monoisotopic (exact) mass is 234 g/mol. The van der Waals surface area contributed by atoms with E-state index >= 15 is 0 Å². The second-order valence-corrected chi connectivity index (χ2v) is 6.24. The zero-order valence-electron chi connectivity index (χ0n) is 11.2. The van der Waals surface area contributed by atoms with Crippen LogP contribution >= 0.6 is 0 Å². The maximum atomic E-state index is 12.5. The Kier molecular flexibility index (Phi) is 2.92. The lowest BCUT2D eigenvalue weighted by atomic mass is 9.67. The predicted molar refractivity (Wildman–Crippen MR) is 68.4 cm³/mol. The molecule has 3 aliphatic rings. The third-order valence-electron chi connectivity index (χ3n) is 4.62. The minimum atomic E-state index is -0.334. The Morgan fingerprint density at radius 3 is 2.76 bits per heavy atom. The van der Waals surface area contributed by atoms with Crippen molar-refractivity contribution in [2.75, 3.05) is 7.11 Å². The summed E-state index contributed by atoms with van der Waals surface area (Å²) in [6, 6.07) is 0. The highest BCUT2D eigenvalue weighted by atomic mass is 16.5. The van der Waals surface area contributed by atoms with Crippen LogP contribution in [0.15, 0.2) is 24.5 Å². The van der Waals surface area contributed by atoms with Crippen LogP contribution in [0.25, 0.3) is 0 Å². The first-order chi connectivity index (χ1) is 7.90. The Labute approximate surface area is 104 Å². The molecule has 0 N–H and O–H groups in total. The topological polar surface area (TPSA) is 26.3 Å². The minimum absolute atomic E-state index is 0.0843. The van der Waals surface area contributed by atoms with Gasteiger partial charge in [-0.25, -0.2) is 0 Å². The summed E-state index contributed by atoms with van der Waals surface area (Å²) in [7, 11) is 1.65. The number of methoxy groups -OCH3 is 1. The van der Waals surface area contributed by atoms with E-state index in [0.29, 0.717) is 18.1 Å². The number of hydrogen-bond acceptors (Lipinski definition) is 2. The fourth-order valence-corrected chi connectivity index (χ4v) is 3.10. The van der Waals surface area contributed by atoms with Crippen molar-refractivity contribution in [3.63, 3.8) is 0 Å². The molecule has 0 aliphatic heterocycles. The summed E-state index contributed by atoms with van der Waals surface area (Å²) in [5.74, 6) is 1.13. The molecule has 0 aromatic heterocycles. The molecule has 17 heavy (non-hydrogen) atoms. The van der Waals surface area contributed by atoms with Crippen molar-refractivity contribution < 1.29 is 9.53 Å². The van der Waals surface area contributed by atoms with Crippen LogP contribution in [0.5, 0.6) is 0 Å². The third kappa shape index (κ3) is 1.94. The summed E-state index contributed by atoms with van der Waals surface area (Å²) in [5.41, 5.74) is -0.250. The number of rotatable bonds is 2. The van der Waals surface area contributed by atoms with Gasteiger partial charge in [0, 0.05) is 6.42 Å². The van der Waals surface area contributed by atoms with Gasteiger partial charge in [-0.2, -0.15) is 0 Å². The maximum absolute atomic E-state index is 12.5. The molecule has 0 spiro atoms. The molecule has 0 heterocycles. The van der Waals surface area contributed by atoms with Gasteiger partial charge in [0.05, 0.1) is 18.8 Å². The highest BCUT2D eigenvalue weighted by molar-refractivity contribution is 5.88. The third-order valence-corrected chi connectivity index (χ3v) is 4.62. The molecule has 3 rings (SSSR count). The molecule has 1 fully saturated rings. The molecule has 0 amide bonds. The van der Waals surface area contributed by atoms with Crippen molar-refractivity contribution in [2.24, 2.45) is 22.7 Å². The lowest BCUT2D eigenvalue weighted by molar-refractivity contribution is -0.127. The number of fused-ring (bicyclic) bond motifs is 3. The average Bonchev–Trinajstić information content (AvgIpc) is 2.38. The van der Waals surface area contributed by atoms with Crippen LogP contribution < -0.4 is 0 Å². The molecule has 2 heteroatoms. The first-order valence-corrected chi connectivity index (χ1v) is 6.32. The number of ether oxygens (including phenoxy) is 1. The SMILES string of the molecule is CO/C=C/[C@H]1C[C@H]2C=C[C@]1(C)C(=O)CC2(C)C. The number of allylic oxidation sites excluding steroid dienone is 3. The van der Waals surface area contributed by atoms with Crippen molar-refractivity contribution in [3.8, 4) is 0 Å². The standard InChI is InChI=1S/C15H22O2/c1-14(2)10-13(16)15(3)7-5-11(14)9-12(15)6-8-17-4/h5-8,11-12H,9-10H2,1-4H3/b8-6+/t11-,12+,15+/m1/s1. The molecule has 0 radical (unpaired) electrons. The molecular formula is C15H22O2. The molecule has 0 unspecified atom stereocenters. The van der Waals surface area contributed by atoms with Gasteiger partial charge in [-0.1, -0.05) is 26.0 Å². The lowest BCUT2D eigenvalue weighted by Crippen LogP contribution is -2.33. The second-order valence-electron chi connectivity index (χ2n) is 6.24. The number of Topliss-reactive ketones (excluding diaryl/α,β-unsaturated/α-hetero) is 1. The normalized spacial score (nSPS) is 39.6. The van der Waals surface area contributed by atoms with Gasteiger partial charge in [-0.05, 0) is 36.7 Å². The van der Waals surface area contributed by atoms with E-state index in [4.69, 9.17) is 4.74 Å². The molecule has 3 aliphatic carbocycles. The summed E-state index contributed by atoms with van der Waals surface area (Å²) in [6.07, 6.45) is 9.87. The second kappa shape index (κ2) is 4.01. The van der Waals surface area contributed by atoms with E-state index in [9.17, 15) is 4.79 Å².